The van der Waals surface area contributed by atoms with Gasteiger partial charge in [-0.15, -0.1) is 0 Å². The second kappa shape index (κ2) is 7.03. The molecule has 0 atom stereocenters. The van der Waals surface area contributed by atoms with E-state index in [1.807, 2.05) is 0 Å². The smallest absolute Gasteiger partial charge is 0.389 e. The first kappa shape index (κ1) is 16.5. The lowest BCUT2D eigenvalue weighted by Gasteiger charge is -2.11. The molecule has 18 heavy (non-hydrogen) atoms. The van der Waals surface area contributed by atoms with Crippen LogP contribution in [-0.2, 0) is 14.3 Å². The van der Waals surface area contributed by atoms with Gasteiger partial charge in [0.1, 0.15) is 5.57 Å². The lowest BCUT2D eigenvalue weighted by Crippen LogP contribution is -2.21. The Balaban J connectivity index is 4.77. The summed E-state index contributed by atoms with van der Waals surface area (Å²) in [7, 11) is 3.10. The quantitative estimate of drug-likeness (QED) is 0.319. The summed E-state index contributed by atoms with van der Waals surface area (Å²) in [6.45, 7) is 1.60. The molecule has 0 N–H and O–H groups in total. The molecule has 0 fully saturated rings. The number of hydrogen-bond donors (Lipinski definition) is 0. The molecule has 0 aliphatic carbocycles. The van der Waals surface area contributed by atoms with E-state index in [0.29, 0.717) is 0 Å². The van der Waals surface area contributed by atoms with Gasteiger partial charge in [0.15, 0.2) is 5.78 Å². The molecule has 0 heterocycles. The van der Waals surface area contributed by atoms with E-state index in [4.69, 9.17) is 0 Å². The molecule has 0 spiro atoms. The maximum absolute atomic E-state index is 12.0. The SMILES string of the molecule is CCOC(=O)C(=CN(C)C)C(=O)CCC(F)(F)F. The summed E-state index contributed by atoms with van der Waals surface area (Å²) in [4.78, 5) is 24.4. The van der Waals surface area contributed by atoms with Crippen molar-refractivity contribution in [2.75, 3.05) is 20.7 Å². The van der Waals surface area contributed by atoms with Crippen LogP contribution in [0, 0.1) is 0 Å². The Bertz CT molecular complexity index is 335. The zero-order valence-electron chi connectivity index (χ0n) is 10.5. The van der Waals surface area contributed by atoms with Gasteiger partial charge in [-0.25, -0.2) is 4.79 Å². The normalized spacial score (nSPS) is 12.2. The summed E-state index contributed by atoms with van der Waals surface area (Å²) >= 11 is 0. The molecule has 0 aliphatic heterocycles. The van der Waals surface area contributed by atoms with Crippen molar-refractivity contribution in [3.05, 3.63) is 11.8 Å². The molecule has 4 nitrogen and oxygen atoms in total. The predicted octanol–water partition coefficient (Wildman–Crippen LogP) is 1.91. The first-order valence-electron chi connectivity index (χ1n) is 5.32. The molecule has 7 heteroatoms. The van der Waals surface area contributed by atoms with Crippen molar-refractivity contribution < 1.29 is 27.5 Å². The lowest BCUT2D eigenvalue weighted by atomic mass is 10.1. The molecule has 0 aromatic heterocycles. The second-order valence-electron chi connectivity index (χ2n) is 3.77. The van der Waals surface area contributed by atoms with Gasteiger partial charge in [-0.05, 0) is 6.92 Å². The highest BCUT2D eigenvalue weighted by molar-refractivity contribution is 6.17. The third-order valence-electron chi connectivity index (χ3n) is 1.82. The number of rotatable bonds is 6. The van der Waals surface area contributed by atoms with E-state index in [-0.39, 0.29) is 12.2 Å². The van der Waals surface area contributed by atoms with Crippen molar-refractivity contribution in [1.82, 2.24) is 4.90 Å². The van der Waals surface area contributed by atoms with Crippen LogP contribution in [0.4, 0.5) is 13.2 Å². The summed E-state index contributed by atoms with van der Waals surface area (Å²) in [6, 6.07) is 0. The highest BCUT2D eigenvalue weighted by Gasteiger charge is 2.30. The number of esters is 1. The van der Waals surface area contributed by atoms with Crippen LogP contribution in [0.2, 0.25) is 0 Å². The van der Waals surface area contributed by atoms with Crippen molar-refractivity contribution in [3.8, 4) is 0 Å². The Morgan fingerprint density at radius 3 is 2.22 bits per heavy atom. The number of ketones is 1. The molecule has 0 radical (unpaired) electrons. The molecule has 0 aromatic carbocycles. The number of Topliss-reactive ketones (excluding diaryl/α,β-unsaturated/α-hetero) is 1. The van der Waals surface area contributed by atoms with Crippen LogP contribution < -0.4 is 0 Å². The summed E-state index contributed by atoms with van der Waals surface area (Å²) in [5, 5.41) is 0. The standard InChI is InChI=1S/C11H16F3NO3/c1-4-18-10(17)8(7-15(2)3)9(16)5-6-11(12,13)14/h7H,4-6H2,1-3H3. The predicted molar refractivity (Wildman–Crippen MR) is 58.7 cm³/mol. The van der Waals surface area contributed by atoms with E-state index in [9.17, 15) is 22.8 Å². The van der Waals surface area contributed by atoms with Crippen LogP contribution in [0.1, 0.15) is 19.8 Å². The van der Waals surface area contributed by atoms with Gasteiger partial charge in [-0.2, -0.15) is 13.2 Å². The number of carbonyl (C=O) groups excluding carboxylic acids is 2. The molecular formula is C11H16F3NO3. The molecular weight excluding hydrogens is 251 g/mol. The van der Waals surface area contributed by atoms with Gasteiger partial charge in [0, 0.05) is 26.7 Å². The van der Waals surface area contributed by atoms with Gasteiger partial charge in [0.05, 0.1) is 13.0 Å². The summed E-state index contributed by atoms with van der Waals surface area (Å²) in [5.41, 5.74) is -0.369. The largest absolute Gasteiger partial charge is 0.462 e. The van der Waals surface area contributed by atoms with Crippen LogP contribution in [0.15, 0.2) is 11.8 Å². The van der Waals surface area contributed by atoms with Crippen molar-refractivity contribution >= 4 is 11.8 Å². The maximum atomic E-state index is 12.0. The fourth-order valence-corrected chi connectivity index (χ4v) is 1.10. The van der Waals surface area contributed by atoms with Crippen LogP contribution in [-0.4, -0.2) is 43.5 Å². The second-order valence-corrected chi connectivity index (χ2v) is 3.77. The fourth-order valence-electron chi connectivity index (χ4n) is 1.10. The Morgan fingerprint density at radius 2 is 1.83 bits per heavy atom. The Morgan fingerprint density at radius 1 is 1.28 bits per heavy atom. The van der Waals surface area contributed by atoms with Crippen LogP contribution in [0.3, 0.4) is 0 Å². The summed E-state index contributed by atoms with van der Waals surface area (Å²) in [6.07, 6.45) is -5.28. The fraction of sp³-hybridized carbons (Fsp3) is 0.636. The highest BCUT2D eigenvalue weighted by atomic mass is 19.4. The molecule has 0 aromatic rings. The zero-order valence-corrected chi connectivity index (χ0v) is 10.5. The number of hydrogen-bond acceptors (Lipinski definition) is 4. The van der Waals surface area contributed by atoms with Gasteiger partial charge in [0.25, 0.3) is 0 Å². The van der Waals surface area contributed by atoms with E-state index < -0.39 is 30.8 Å². The summed E-state index contributed by atoms with van der Waals surface area (Å²) in [5.74, 6) is -1.78. The third kappa shape index (κ3) is 6.93. The van der Waals surface area contributed by atoms with E-state index in [0.717, 1.165) is 6.20 Å². The Labute approximate surface area is 103 Å². The van der Waals surface area contributed by atoms with Crippen LogP contribution >= 0.6 is 0 Å². The number of alkyl halides is 3. The van der Waals surface area contributed by atoms with E-state index >= 15 is 0 Å². The number of ether oxygens (including phenoxy) is 1. The van der Waals surface area contributed by atoms with Gasteiger partial charge >= 0.3 is 12.1 Å². The van der Waals surface area contributed by atoms with E-state index in [1.54, 1.807) is 21.0 Å². The molecule has 0 saturated heterocycles. The molecule has 0 bridgehead atoms. The van der Waals surface area contributed by atoms with E-state index in [2.05, 4.69) is 4.74 Å². The van der Waals surface area contributed by atoms with E-state index in [1.165, 1.54) is 4.90 Å². The zero-order chi connectivity index (χ0) is 14.3. The Kier molecular flexibility index (Phi) is 6.43. The van der Waals surface area contributed by atoms with Crippen molar-refractivity contribution in [2.45, 2.75) is 25.9 Å². The molecule has 0 aliphatic rings. The van der Waals surface area contributed by atoms with Crippen LogP contribution in [0.5, 0.6) is 0 Å². The third-order valence-corrected chi connectivity index (χ3v) is 1.82. The van der Waals surface area contributed by atoms with Crippen molar-refractivity contribution in [3.63, 3.8) is 0 Å². The topological polar surface area (TPSA) is 46.6 Å². The van der Waals surface area contributed by atoms with Crippen LogP contribution in [0.25, 0.3) is 0 Å². The van der Waals surface area contributed by atoms with Crippen molar-refractivity contribution in [1.29, 1.82) is 0 Å². The number of halogens is 3. The average molecular weight is 267 g/mol. The number of carbonyl (C=O) groups is 2. The molecule has 0 rings (SSSR count). The minimum absolute atomic E-state index is 0.0517. The number of nitrogens with zero attached hydrogens (tertiary/aromatic N) is 1. The molecule has 0 amide bonds. The van der Waals surface area contributed by atoms with Gasteiger partial charge in [-0.3, -0.25) is 4.79 Å². The maximum Gasteiger partial charge on any atom is 0.389 e. The summed E-state index contributed by atoms with van der Waals surface area (Å²) < 4.78 is 40.6. The Hall–Kier alpha value is -1.53. The first-order chi connectivity index (χ1) is 8.17. The monoisotopic (exact) mass is 267 g/mol. The van der Waals surface area contributed by atoms with Crippen molar-refractivity contribution in [2.24, 2.45) is 0 Å². The van der Waals surface area contributed by atoms with Gasteiger partial charge < -0.3 is 9.64 Å². The lowest BCUT2D eigenvalue weighted by molar-refractivity contribution is -0.145. The molecule has 104 valence electrons. The highest BCUT2D eigenvalue weighted by Crippen LogP contribution is 2.22. The van der Waals surface area contributed by atoms with Gasteiger partial charge in [0.2, 0.25) is 0 Å². The minimum atomic E-state index is -4.42. The van der Waals surface area contributed by atoms with Gasteiger partial charge in [-0.1, -0.05) is 0 Å². The first-order valence-corrected chi connectivity index (χ1v) is 5.32. The average Bonchev–Trinajstić information content (AvgIpc) is 2.21. The minimum Gasteiger partial charge on any atom is -0.462 e. The molecule has 0 saturated carbocycles. The molecule has 0 unspecified atom stereocenters.